The van der Waals surface area contributed by atoms with Crippen LogP contribution in [0.25, 0.3) is 0 Å². The first kappa shape index (κ1) is 15.2. The quantitative estimate of drug-likeness (QED) is 0.765. The van der Waals surface area contributed by atoms with Crippen LogP contribution in [0.3, 0.4) is 0 Å². The van der Waals surface area contributed by atoms with Gasteiger partial charge in [0.05, 0.1) is 12.6 Å². The molecule has 0 aliphatic carbocycles. The molecule has 0 bridgehead atoms. The molecule has 6 heteroatoms. The van der Waals surface area contributed by atoms with E-state index in [1.807, 2.05) is 13.0 Å². The SMILES string of the molecule is CCCN(CC(F)(F)F)CC(C)(C#N)NC. The first-order valence-electron chi connectivity index (χ1n) is 5.15. The van der Waals surface area contributed by atoms with Gasteiger partial charge in [-0.15, -0.1) is 0 Å². The lowest BCUT2D eigenvalue weighted by atomic mass is 10.0. The molecule has 16 heavy (non-hydrogen) atoms. The lowest BCUT2D eigenvalue weighted by Crippen LogP contribution is -2.51. The Morgan fingerprint density at radius 3 is 2.19 bits per heavy atom. The van der Waals surface area contributed by atoms with Crippen LogP contribution in [0, 0.1) is 11.3 Å². The maximum absolute atomic E-state index is 12.3. The van der Waals surface area contributed by atoms with Crippen LogP contribution in [0.1, 0.15) is 20.3 Å². The summed E-state index contributed by atoms with van der Waals surface area (Å²) >= 11 is 0. The number of nitrogens with one attached hydrogen (secondary N) is 1. The van der Waals surface area contributed by atoms with Crippen molar-refractivity contribution in [2.45, 2.75) is 32.0 Å². The van der Waals surface area contributed by atoms with Crippen molar-refractivity contribution in [1.29, 1.82) is 5.26 Å². The molecule has 0 rings (SSSR count). The Morgan fingerprint density at radius 2 is 1.88 bits per heavy atom. The summed E-state index contributed by atoms with van der Waals surface area (Å²) in [4.78, 5) is 1.25. The number of likely N-dealkylation sites (N-methyl/N-ethyl adjacent to an activating group) is 1. The molecule has 0 aliphatic rings. The maximum Gasteiger partial charge on any atom is 0.401 e. The first-order chi connectivity index (χ1) is 7.26. The molecule has 1 unspecified atom stereocenters. The summed E-state index contributed by atoms with van der Waals surface area (Å²) in [5.74, 6) is 0. The Kier molecular flexibility index (Phi) is 5.76. The molecular weight excluding hydrogens is 219 g/mol. The van der Waals surface area contributed by atoms with Crippen LogP contribution >= 0.6 is 0 Å². The van der Waals surface area contributed by atoms with Gasteiger partial charge in [-0.05, 0) is 26.9 Å². The normalized spacial score (nSPS) is 15.9. The molecule has 0 spiro atoms. The number of alkyl halides is 3. The van der Waals surface area contributed by atoms with Gasteiger partial charge in [-0.3, -0.25) is 4.90 Å². The number of rotatable bonds is 6. The first-order valence-corrected chi connectivity index (χ1v) is 5.15. The van der Waals surface area contributed by atoms with E-state index in [-0.39, 0.29) is 6.54 Å². The summed E-state index contributed by atoms with van der Waals surface area (Å²) in [6.07, 6.45) is -3.60. The maximum atomic E-state index is 12.3. The number of nitrogens with zero attached hydrogens (tertiary/aromatic N) is 2. The Balaban J connectivity index is 4.51. The van der Waals surface area contributed by atoms with E-state index < -0.39 is 18.3 Å². The highest BCUT2D eigenvalue weighted by Crippen LogP contribution is 2.18. The van der Waals surface area contributed by atoms with Gasteiger partial charge in [0.25, 0.3) is 0 Å². The van der Waals surface area contributed by atoms with E-state index in [0.29, 0.717) is 13.0 Å². The van der Waals surface area contributed by atoms with E-state index >= 15 is 0 Å². The van der Waals surface area contributed by atoms with E-state index in [0.717, 1.165) is 0 Å². The lowest BCUT2D eigenvalue weighted by molar-refractivity contribution is -0.147. The van der Waals surface area contributed by atoms with Crippen molar-refractivity contribution in [2.75, 3.05) is 26.7 Å². The molecule has 0 heterocycles. The standard InChI is InChI=1S/C10H18F3N3/c1-4-5-16(8-10(11,12)13)7-9(2,6-14)15-3/h15H,4-5,7-8H2,1-3H3. The van der Waals surface area contributed by atoms with Gasteiger partial charge in [-0.2, -0.15) is 18.4 Å². The largest absolute Gasteiger partial charge is 0.401 e. The molecule has 0 saturated carbocycles. The molecule has 0 radical (unpaired) electrons. The minimum Gasteiger partial charge on any atom is -0.302 e. The van der Waals surface area contributed by atoms with Gasteiger partial charge in [0, 0.05) is 6.54 Å². The second-order valence-corrected chi connectivity index (χ2v) is 4.02. The monoisotopic (exact) mass is 237 g/mol. The molecule has 0 saturated heterocycles. The molecule has 94 valence electrons. The van der Waals surface area contributed by atoms with E-state index in [1.165, 1.54) is 4.90 Å². The average Bonchev–Trinajstić information content (AvgIpc) is 2.15. The van der Waals surface area contributed by atoms with Gasteiger partial charge in [0.15, 0.2) is 0 Å². The summed E-state index contributed by atoms with van der Waals surface area (Å²) in [6.45, 7) is 2.82. The summed E-state index contributed by atoms with van der Waals surface area (Å²) in [6, 6.07) is 1.98. The van der Waals surface area contributed by atoms with E-state index in [1.54, 1.807) is 14.0 Å². The molecule has 0 amide bonds. The van der Waals surface area contributed by atoms with Crippen LogP contribution in [-0.4, -0.2) is 43.3 Å². The smallest absolute Gasteiger partial charge is 0.302 e. The van der Waals surface area contributed by atoms with Crippen LogP contribution in [0.15, 0.2) is 0 Å². The number of halogens is 3. The Hall–Kier alpha value is -0.800. The lowest BCUT2D eigenvalue weighted by Gasteiger charge is -2.30. The highest BCUT2D eigenvalue weighted by molar-refractivity contribution is 5.05. The van der Waals surface area contributed by atoms with Gasteiger partial charge in [-0.1, -0.05) is 6.92 Å². The van der Waals surface area contributed by atoms with E-state index in [4.69, 9.17) is 5.26 Å². The summed E-state index contributed by atoms with van der Waals surface area (Å²) in [5, 5.41) is 11.6. The summed E-state index contributed by atoms with van der Waals surface area (Å²) in [5.41, 5.74) is -0.944. The van der Waals surface area contributed by atoms with Gasteiger partial charge in [0.1, 0.15) is 5.54 Å². The second kappa shape index (κ2) is 6.06. The summed E-state index contributed by atoms with van der Waals surface area (Å²) in [7, 11) is 1.57. The van der Waals surface area contributed by atoms with Crippen LogP contribution in [0.2, 0.25) is 0 Å². The zero-order valence-corrected chi connectivity index (χ0v) is 9.86. The molecule has 1 atom stereocenters. The van der Waals surface area contributed by atoms with Crippen molar-refractivity contribution >= 4 is 0 Å². The van der Waals surface area contributed by atoms with Crippen molar-refractivity contribution in [3.8, 4) is 6.07 Å². The highest BCUT2D eigenvalue weighted by atomic mass is 19.4. The molecule has 0 aromatic carbocycles. The van der Waals surface area contributed by atoms with Gasteiger partial charge < -0.3 is 5.32 Å². The van der Waals surface area contributed by atoms with E-state index in [2.05, 4.69) is 5.32 Å². The zero-order chi connectivity index (χ0) is 12.8. The van der Waals surface area contributed by atoms with Gasteiger partial charge in [-0.25, -0.2) is 0 Å². The van der Waals surface area contributed by atoms with Crippen molar-refractivity contribution < 1.29 is 13.2 Å². The predicted octanol–water partition coefficient (Wildman–Crippen LogP) is 1.76. The molecule has 0 aromatic rings. The molecule has 0 aliphatic heterocycles. The third-order valence-corrected chi connectivity index (χ3v) is 2.28. The fraction of sp³-hybridized carbons (Fsp3) is 0.900. The average molecular weight is 237 g/mol. The fourth-order valence-corrected chi connectivity index (χ4v) is 1.40. The molecule has 0 fully saturated rings. The van der Waals surface area contributed by atoms with Crippen molar-refractivity contribution in [3.05, 3.63) is 0 Å². The van der Waals surface area contributed by atoms with Crippen LogP contribution in [0.4, 0.5) is 13.2 Å². The molecule has 3 nitrogen and oxygen atoms in total. The van der Waals surface area contributed by atoms with E-state index in [9.17, 15) is 13.2 Å². The number of nitriles is 1. The summed E-state index contributed by atoms with van der Waals surface area (Å²) < 4.78 is 36.8. The minimum absolute atomic E-state index is 0.0628. The second-order valence-electron chi connectivity index (χ2n) is 4.02. The number of hydrogen-bond acceptors (Lipinski definition) is 3. The van der Waals surface area contributed by atoms with Crippen molar-refractivity contribution in [1.82, 2.24) is 10.2 Å². The van der Waals surface area contributed by atoms with Gasteiger partial charge in [0.2, 0.25) is 0 Å². The Bertz CT molecular complexity index is 247. The predicted molar refractivity (Wildman–Crippen MR) is 55.9 cm³/mol. The topological polar surface area (TPSA) is 39.1 Å². The Labute approximate surface area is 94.2 Å². The fourth-order valence-electron chi connectivity index (χ4n) is 1.40. The van der Waals surface area contributed by atoms with Crippen molar-refractivity contribution in [2.24, 2.45) is 0 Å². The highest BCUT2D eigenvalue weighted by Gasteiger charge is 2.33. The van der Waals surface area contributed by atoms with Crippen molar-refractivity contribution in [3.63, 3.8) is 0 Å². The number of hydrogen-bond donors (Lipinski definition) is 1. The molecule has 1 N–H and O–H groups in total. The zero-order valence-electron chi connectivity index (χ0n) is 9.86. The third-order valence-electron chi connectivity index (χ3n) is 2.28. The molecular formula is C10H18F3N3. The van der Waals surface area contributed by atoms with Crippen LogP contribution < -0.4 is 5.32 Å². The van der Waals surface area contributed by atoms with Crippen LogP contribution in [-0.2, 0) is 0 Å². The molecule has 0 aromatic heterocycles. The van der Waals surface area contributed by atoms with Gasteiger partial charge >= 0.3 is 6.18 Å². The third kappa shape index (κ3) is 5.93. The minimum atomic E-state index is -4.22. The Morgan fingerprint density at radius 1 is 1.31 bits per heavy atom. The van der Waals surface area contributed by atoms with Crippen LogP contribution in [0.5, 0.6) is 0 Å².